The molecule has 0 N–H and O–H groups in total. The average Bonchev–Trinajstić information content (AvgIpc) is 1.61. The van der Waals surface area contributed by atoms with Crippen molar-refractivity contribution in [1.82, 2.24) is 4.90 Å². The van der Waals surface area contributed by atoms with Crippen molar-refractivity contribution in [2.45, 2.75) is 12.5 Å². The second-order valence-electron chi connectivity index (χ2n) is 1.88. The van der Waals surface area contributed by atoms with E-state index in [1.807, 2.05) is 6.07 Å². The van der Waals surface area contributed by atoms with Crippen molar-refractivity contribution in [2.24, 2.45) is 0 Å². The van der Waals surface area contributed by atoms with E-state index < -0.39 is 0 Å². The average molecular weight is 236 g/mol. The summed E-state index contributed by atoms with van der Waals surface area (Å²) in [6, 6.07) is 1.89. The maximum Gasteiger partial charge on any atom is 0.284 e. The Bertz CT molecular complexity index is 174. The number of carbonyl (C=O) groups excluding carboxylic acids is 1. The molecule has 1 aliphatic rings. The number of nitriles is 1. The molecule has 0 aromatic heterocycles. The smallest absolute Gasteiger partial charge is 0.284 e. The molecular weight excluding hydrogens is 231 g/mol. The maximum atomic E-state index is 10.6. The van der Waals surface area contributed by atoms with E-state index in [2.05, 4.69) is 0 Å². The Hall–Kier alpha value is -0.310. The van der Waals surface area contributed by atoms with Crippen LogP contribution in [0.1, 0.15) is 6.42 Å². The molecule has 0 radical (unpaired) electrons. The van der Waals surface area contributed by atoms with E-state index in [0.717, 1.165) is 13.0 Å². The van der Waals surface area contributed by atoms with E-state index in [1.165, 1.54) is 0 Å². The quantitative estimate of drug-likeness (QED) is 0.359. The molecule has 9 heavy (non-hydrogen) atoms. The summed E-state index contributed by atoms with van der Waals surface area (Å²) in [7, 11) is 0. The highest BCUT2D eigenvalue weighted by Gasteiger charge is 2.30. The molecule has 0 aromatic rings. The SMILES string of the molecule is N#C[C@@H]1CCN1C(=O)I. The van der Waals surface area contributed by atoms with Crippen LogP contribution in [0.15, 0.2) is 0 Å². The molecule has 4 heteroatoms. The van der Waals surface area contributed by atoms with Crippen molar-refractivity contribution in [3.8, 4) is 6.07 Å². The van der Waals surface area contributed by atoms with Crippen LogP contribution < -0.4 is 0 Å². The first-order valence-electron chi connectivity index (χ1n) is 2.61. The minimum absolute atomic E-state index is 0.0228. The van der Waals surface area contributed by atoms with Gasteiger partial charge in [0.25, 0.3) is 3.91 Å². The summed E-state index contributed by atoms with van der Waals surface area (Å²) in [4.78, 5) is 12.1. The van der Waals surface area contributed by atoms with Crippen LogP contribution in [-0.2, 0) is 0 Å². The lowest BCUT2D eigenvalue weighted by Gasteiger charge is -2.34. The molecule has 48 valence electrons. The summed E-state index contributed by atoms with van der Waals surface area (Å²) in [6.07, 6.45) is 0.839. The molecule has 0 aromatic carbocycles. The Morgan fingerprint density at radius 2 is 2.56 bits per heavy atom. The molecule has 1 amide bonds. The molecule has 0 spiro atoms. The third-order valence-corrected chi connectivity index (χ3v) is 2.01. The maximum absolute atomic E-state index is 10.6. The highest BCUT2D eigenvalue weighted by atomic mass is 127. The minimum Gasteiger partial charge on any atom is -0.318 e. The van der Waals surface area contributed by atoms with Crippen molar-refractivity contribution in [1.29, 1.82) is 5.26 Å². The normalized spacial score (nSPS) is 24.4. The number of likely N-dealkylation sites (tertiary alicyclic amines) is 1. The van der Waals surface area contributed by atoms with Gasteiger partial charge in [-0.1, -0.05) is 0 Å². The van der Waals surface area contributed by atoms with E-state index in [4.69, 9.17) is 5.26 Å². The minimum atomic E-state index is -0.144. The predicted octanol–water partition coefficient (Wildman–Crippen LogP) is 1.14. The second kappa shape index (κ2) is 2.52. The zero-order chi connectivity index (χ0) is 6.85. The topological polar surface area (TPSA) is 44.1 Å². The van der Waals surface area contributed by atoms with Crippen LogP contribution in [0.3, 0.4) is 0 Å². The summed E-state index contributed by atoms with van der Waals surface area (Å²) in [5.74, 6) is 0. The number of carbonyl (C=O) groups is 1. The molecule has 0 bridgehead atoms. The van der Waals surface area contributed by atoms with Crippen LogP contribution in [0.5, 0.6) is 0 Å². The van der Waals surface area contributed by atoms with Crippen LogP contribution in [-0.4, -0.2) is 21.4 Å². The molecule has 0 aliphatic carbocycles. The number of rotatable bonds is 0. The van der Waals surface area contributed by atoms with Gasteiger partial charge in [0.15, 0.2) is 0 Å². The molecule has 3 nitrogen and oxygen atoms in total. The van der Waals surface area contributed by atoms with Crippen molar-refractivity contribution in [3.63, 3.8) is 0 Å². The summed E-state index contributed by atoms with van der Waals surface area (Å²) in [6.45, 7) is 0.750. The monoisotopic (exact) mass is 236 g/mol. The largest absolute Gasteiger partial charge is 0.318 e. The summed E-state index contributed by atoms with van der Waals surface area (Å²) >= 11 is 1.69. The molecule has 0 saturated carbocycles. The van der Waals surface area contributed by atoms with Gasteiger partial charge < -0.3 is 4.90 Å². The van der Waals surface area contributed by atoms with Gasteiger partial charge in [0.1, 0.15) is 6.04 Å². The van der Waals surface area contributed by atoms with Gasteiger partial charge in [0.2, 0.25) is 0 Å². The molecule has 1 rings (SSSR count). The molecule has 1 fully saturated rings. The Kier molecular flexibility index (Phi) is 1.90. The van der Waals surface area contributed by atoms with Crippen molar-refractivity contribution >= 4 is 26.5 Å². The third-order valence-electron chi connectivity index (χ3n) is 1.39. The van der Waals surface area contributed by atoms with Crippen molar-refractivity contribution < 1.29 is 4.79 Å². The van der Waals surface area contributed by atoms with E-state index in [1.54, 1.807) is 27.5 Å². The first kappa shape index (κ1) is 6.81. The standard InChI is InChI=1S/C5H5IN2O/c6-5(9)8-2-1-4(8)3-7/h4H,1-2H2/t4-/m0/s1. The summed E-state index contributed by atoms with van der Waals surface area (Å²) in [5.41, 5.74) is 0. The lowest BCUT2D eigenvalue weighted by Crippen LogP contribution is -2.47. The highest BCUT2D eigenvalue weighted by molar-refractivity contribution is 14.1. The molecule has 0 unspecified atom stereocenters. The lowest BCUT2D eigenvalue weighted by atomic mass is 10.1. The van der Waals surface area contributed by atoms with E-state index in [-0.39, 0.29) is 9.96 Å². The third kappa shape index (κ3) is 1.15. The second-order valence-corrected chi connectivity index (χ2v) is 2.80. The van der Waals surface area contributed by atoms with E-state index in [0.29, 0.717) is 0 Å². The van der Waals surface area contributed by atoms with Crippen LogP contribution in [0.2, 0.25) is 0 Å². The zero-order valence-corrected chi connectivity index (χ0v) is 6.83. The molecule has 1 atom stereocenters. The van der Waals surface area contributed by atoms with Gasteiger partial charge in [-0.2, -0.15) is 5.26 Å². The Morgan fingerprint density at radius 3 is 2.67 bits per heavy atom. The van der Waals surface area contributed by atoms with Gasteiger partial charge in [-0.25, -0.2) is 0 Å². The van der Waals surface area contributed by atoms with Gasteiger partial charge in [0, 0.05) is 29.1 Å². The van der Waals surface area contributed by atoms with E-state index >= 15 is 0 Å². The summed E-state index contributed by atoms with van der Waals surface area (Å²) in [5, 5.41) is 8.36. The Balaban J connectivity index is 2.47. The Morgan fingerprint density at radius 1 is 1.89 bits per heavy atom. The number of amides is 1. The van der Waals surface area contributed by atoms with Gasteiger partial charge in [-0.3, -0.25) is 4.79 Å². The zero-order valence-electron chi connectivity index (χ0n) is 4.67. The highest BCUT2D eigenvalue weighted by Crippen LogP contribution is 2.18. The van der Waals surface area contributed by atoms with Gasteiger partial charge in [-0.15, -0.1) is 0 Å². The Labute approximate surface area is 66.8 Å². The van der Waals surface area contributed by atoms with Crippen LogP contribution >= 0.6 is 22.6 Å². The number of hydrogen-bond acceptors (Lipinski definition) is 2. The molecular formula is C5H5IN2O. The van der Waals surface area contributed by atoms with E-state index in [9.17, 15) is 4.79 Å². The first-order chi connectivity index (χ1) is 4.25. The van der Waals surface area contributed by atoms with Crippen molar-refractivity contribution in [2.75, 3.05) is 6.54 Å². The first-order valence-corrected chi connectivity index (χ1v) is 3.69. The number of hydrogen-bond donors (Lipinski definition) is 0. The van der Waals surface area contributed by atoms with Crippen LogP contribution in [0, 0.1) is 11.3 Å². The number of nitrogens with zero attached hydrogens (tertiary/aromatic N) is 2. The predicted molar refractivity (Wildman–Crippen MR) is 40.1 cm³/mol. The molecule has 1 aliphatic heterocycles. The van der Waals surface area contributed by atoms with Gasteiger partial charge in [-0.05, 0) is 6.42 Å². The summed E-state index contributed by atoms with van der Waals surface area (Å²) < 4.78 is -0.0228. The molecule has 1 heterocycles. The van der Waals surface area contributed by atoms with Gasteiger partial charge in [0.05, 0.1) is 6.07 Å². The fraction of sp³-hybridized carbons (Fsp3) is 0.600. The van der Waals surface area contributed by atoms with Crippen LogP contribution in [0.25, 0.3) is 0 Å². The van der Waals surface area contributed by atoms with Crippen molar-refractivity contribution in [3.05, 3.63) is 0 Å². The number of halogens is 1. The fourth-order valence-corrected chi connectivity index (χ4v) is 1.31. The molecule has 1 saturated heterocycles. The lowest BCUT2D eigenvalue weighted by molar-refractivity contribution is 0.167. The van der Waals surface area contributed by atoms with Gasteiger partial charge >= 0.3 is 0 Å². The van der Waals surface area contributed by atoms with Crippen LogP contribution in [0.4, 0.5) is 4.79 Å². The fourth-order valence-electron chi connectivity index (χ4n) is 0.732.